The summed E-state index contributed by atoms with van der Waals surface area (Å²) in [6.45, 7) is 16.5. The van der Waals surface area contributed by atoms with Gasteiger partial charge >= 0.3 is 6.09 Å². The molecule has 1 aliphatic heterocycles. The third-order valence-corrected chi connectivity index (χ3v) is 9.70. The highest BCUT2D eigenvalue weighted by Crippen LogP contribution is 2.65. The van der Waals surface area contributed by atoms with Gasteiger partial charge in [-0.25, -0.2) is 4.79 Å². The molecule has 1 heterocycles. The fourth-order valence-electron chi connectivity index (χ4n) is 7.96. The van der Waals surface area contributed by atoms with Gasteiger partial charge in [0.15, 0.2) is 5.78 Å². The molecule has 190 valence electrons. The minimum absolute atomic E-state index is 0.0392. The van der Waals surface area contributed by atoms with Crippen LogP contribution in [-0.4, -0.2) is 52.8 Å². The van der Waals surface area contributed by atoms with Crippen LogP contribution in [0.1, 0.15) is 87.0 Å². The number of hydrogen-bond acceptors (Lipinski definition) is 4. The number of allylic oxidation sites excluding steroid dienone is 2. The lowest BCUT2D eigenvalue weighted by Gasteiger charge is -2.60. The van der Waals surface area contributed by atoms with Crippen LogP contribution in [0.2, 0.25) is 0 Å². The highest BCUT2D eigenvalue weighted by atomic mass is 16.6. The molecule has 0 N–H and O–H groups in total. The number of hydrogen-bond donors (Lipinski definition) is 0. The van der Waals surface area contributed by atoms with Crippen LogP contribution in [0.25, 0.3) is 0 Å². The lowest BCUT2D eigenvalue weighted by atomic mass is 9.49. The number of fused-ring (bicyclic) bond motifs is 5. The standard InChI is InChI=1S/C28H44N2O4/c1-8-29(9-2)24(32)22-11-10-20-19-17-30(25(33)34-26(3,4)5)23-16-18(31)12-14-28(23,7)21(19)13-15-27(20,22)6/h16,19-22H,8-15,17H2,1-7H3/t19-,20-,21-,22+,27-,28+/m0/s1. The van der Waals surface area contributed by atoms with E-state index < -0.39 is 5.60 Å². The lowest BCUT2D eigenvalue weighted by molar-refractivity contribution is -0.143. The molecule has 4 aliphatic rings. The van der Waals surface area contributed by atoms with Crippen LogP contribution in [0.4, 0.5) is 4.79 Å². The van der Waals surface area contributed by atoms with E-state index in [1.807, 2.05) is 25.7 Å². The van der Waals surface area contributed by atoms with E-state index in [1.54, 1.807) is 11.0 Å². The van der Waals surface area contributed by atoms with Gasteiger partial charge in [-0.05, 0) is 89.9 Å². The van der Waals surface area contributed by atoms with Crippen LogP contribution in [0.5, 0.6) is 0 Å². The number of ether oxygens (including phenoxy) is 1. The molecule has 6 nitrogen and oxygen atoms in total. The first kappa shape index (κ1) is 25.2. The number of likely N-dealkylation sites (tertiary alicyclic amines) is 1. The van der Waals surface area contributed by atoms with Gasteiger partial charge in [-0.3, -0.25) is 14.5 Å². The SMILES string of the molecule is CCN(CC)C(=O)[C@H]1CC[C@H]2[C@@H]3CN(C(=O)OC(C)(C)C)C4=CC(=O)CC[C@]4(C)[C@H]3CC[C@]12C. The molecule has 0 bridgehead atoms. The monoisotopic (exact) mass is 472 g/mol. The molecular formula is C28H44N2O4. The van der Waals surface area contributed by atoms with Crippen molar-refractivity contribution in [1.29, 1.82) is 0 Å². The third-order valence-electron chi connectivity index (χ3n) is 9.70. The van der Waals surface area contributed by atoms with Crippen LogP contribution in [0.15, 0.2) is 11.8 Å². The first-order valence-electron chi connectivity index (χ1n) is 13.4. The number of carbonyl (C=O) groups excluding carboxylic acids is 3. The van der Waals surface area contributed by atoms with Crippen molar-refractivity contribution >= 4 is 17.8 Å². The molecule has 6 heteroatoms. The first-order chi connectivity index (χ1) is 15.9. The highest BCUT2D eigenvalue weighted by molar-refractivity contribution is 5.92. The molecule has 34 heavy (non-hydrogen) atoms. The number of ketones is 1. The van der Waals surface area contributed by atoms with Gasteiger partial charge in [0.25, 0.3) is 0 Å². The minimum Gasteiger partial charge on any atom is -0.443 e. The van der Waals surface area contributed by atoms with Crippen molar-refractivity contribution in [2.24, 2.45) is 34.5 Å². The van der Waals surface area contributed by atoms with Crippen molar-refractivity contribution in [3.63, 3.8) is 0 Å². The average molecular weight is 473 g/mol. The summed E-state index contributed by atoms with van der Waals surface area (Å²) in [6.07, 6.45) is 6.75. The maximum atomic E-state index is 13.5. The summed E-state index contributed by atoms with van der Waals surface area (Å²) in [5.74, 6) is 1.61. The molecule has 4 rings (SSSR count). The zero-order chi connectivity index (χ0) is 25.1. The van der Waals surface area contributed by atoms with Gasteiger partial charge in [0.1, 0.15) is 5.60 Å². The smallest absolute Gasteiger partial charge is 0.414 e. The van der Waals surface area contributed by atoms with E-state index in [1.165, 1.54) is 0 Å². The summed E-state index contributed by atoms with van der Waals surface area (Å²) in [7, 11) is 0. The molecule has 0 spiro atoms. The second-order valence-electron chi connectivity index (χ2n) is 12.6. The number of nitrogens with zero attached hydrogens (tertiary/aromatic N) is 2. The van der Waals surface area contributed by atoms with Crippen LogP contribution < -0.4 is 0 Å². The number of amides is 2. The predicted octanol–water partition coefficient (Wildman–Crippen LogP) is 5.42. The largest absolute Gasteiger partial charge is 0.443 e. The Bertz CT molecular complexity index is 885. The summed E-state index contributed by atoms with van der Waals surface area (Å²) < 4.78 is 5.82. The normalized spacial score (nSPS) is 37.3. The molecule has 0 aromatic rings. The summed E-state index contributed by atoms with van der Waals surface area (Å²) in [5, 5.41) is 0. The lowest BCUT2D eigenvalue weighted by Crippen LogP contribution is -2.59. The molecule has 6 atom stereocenters. The summed E-state index contributed by atoms with van der Waals surface area (Å²) in [4.78, 5) is 43.1. The Morgan fingerprint density at radius 2 is 1.76 bits per heavy atom. The van der Waals surface area contributed by atoms with Gasteiger partial charge in [-0.15, -0.1) is 0 Å². The average Bonchev–Trinajstić information content (AvgIpc) is 3.10. The molecule has 1 saturated heterocycles. The van der Waals surface area contributed by atoms with Crippen LogP contribution >= 0.6 is 0 Å². The van der Waals surface area contributed by atoms with Gasteiger partial charge in [0.2, 0.25) is 5.91 Å². The van der Waals surface area contributed by atoms with Gasteiger partial charge in [-0.2, -0.15) is 0 Å². The first-order valence-corrected chi connectivity index (χ1v) is 13.4. The van der Waals surface area contributed by atoms with Crippen molar-refractivity contribution in [2.45, 2.75) is 92.6 Å². The second kappa shape index (κ2) is 8.67. The quantitative estimate of drug-likeness (QED) is 0.550. The van der Waals surface area contributed by atoms with Crippen molar-refractivity contribution in [3.05, 3.63) is 11.8 Å². The zero-order valence-electron chi connectivity index (χ0n) is 22.3. The molecule has 0 aromatic heterocycles. The Morgan fingerprint density at radius 1 is 1.09 bits per heavy atom. The van der Waals surface area contributed by atoms with Crippen LogP contribution in [0, 0.1) is 34.5 Å². The van der Waals surface area contributed by atoms with E-state index in [2.05, 4.69) is 27.7 Å². The minimum atomic E-state index is -0.598. The Morgan fingerprint density at radius 3 is 2.38 bits per heavy atom. The highest BCUT2D eigenvalue weighted by Gasteiger charge is 2.62. The maximum absolute atomic E-state index is 13.5. The Kier molecular flexibility index (Phi) is 6.44. The zero-order valence-corrected chi connectivity index (χ0v) is 22.3. The summed E-state index contributed by atoms with van der Waals surface area (Å²) >= 11 is 0. The van der Waals surface area contributed by atoms with Gasteiger partial charge < -0.3 is 9.64 Å². The summed E-state index contributed by atoms with van der Waals surface area (Å²) in [6, 6.07) is 0. The van der Waals surface area contributed by atoms with E-state index in [4.69, 9.17) is 4.74 Å². The fourth-order valence-corrected chi connectivity index (χ4v) is 7.96. The van der Waals surface area contributed by atoms with Gasteiger partial charge in [0.05, 0.1) is 0 Å². The van der Waals surface area contributed by atoms with Crippen molar-refractivity contribution < 1.29 is 19.1 Å². The Hall–Kier alpha value is -1.85. The summed E-state index contributed by atoms with van der Waals surface area (Å²) in [5.41, 5.74) is 0.00859. The van der Waals surface area contributed by atoms with E-state index in [0.29, 0.717) is 36.6 Å². The molecule has 0 aromatic carbocycles. The van der Waals surface area contributed by atoms with Gasteiger partial charge in [-0.1, -0.05) is 13.8 Å². The van der Waals surface area contributed by atoms with E-state index in [-0.39, 0.29) is 28.6 Å². The van der Waals surface area contributed by atoms with E-state index in [0.717, 1.165) is 50.9 Å². The molecule has 3 fully saturated rings. The number of carbonyl (C=O) groups is 3. The van der Waals surface area contributed by atoms with Crippen LogP contribution in [-0.2, 0) is 14.3 Å². The molecular weight excluding hydrogens is 428 g/mol. The molecule has 0 unspecified atom stereocenters. The van der Waals surface area contributed by atoms with Crippen molar-refractivity contribution in [2.75, 3.05) is 19.6 Å². The molecule has 3 aliphatic carbocycles. The molecule has 2 saturated carbocycles. The molecule has 2 amide bonds. The van der Waals surface area contributed by atoms with Crippen molar-refractivity contribution in [3.8, 4) is 0 Å². The van der Waals surface area contributed by atoms with Crippen LogP contribution in [0.3, 0.4) is 0 Å². The van der Waals surface area contributed by atoms with Gasteiger partial charge in [0, 0.05) is 49.2 Å². The predicted molar refractivity (Wildman–Crippen MR) is 132 cm³/mol. The fraction of sp³-hybridized carbons (Fsp3) is 0.821. The van der Waals surface area contributed by atoms with Crippen molar-refractivity contribution in [1.82, 2.24) is 9.80 Å². The maximum Gasteiger partial charge on any atom is 0.414 e. The Labute approximate surface area is 205 Å². The van der Waals surface area contributed by atoms with E-state index in [9.17, 15) is 14.4 Å². The van der Waals surface area contributed by atoms with E-state index >= 15 is 0 Å². The third kappa shape index (κ3) is 3.99. The Balaban J connectivity index is 1.69. The molecule has 0 radical (unpaired) electrons. The number of piperidine rings is 1. The second-order valence-corrected chi connectivity index (χ2v) is 12.6. The number of rotatable bonds is 3. The topological polar surface area (TPSA) is 66.9 Å².